The summed E-state index contributed by atoms with van der Waals surface area (Å²) in [4.78, 5) is 23.7. The largest absolute Gasteiger partial charge is 0.387 e. The van der Waals surface area contributed by atoms with E-state index in [1.165, 1.54) is 23.3 Å². The molecular formula is C25H26N6O6. The molecule has 1 aliphatic rings. The van der Waals surface area contributed by atoms with Crippen molar-refractivity contribution in [1.82, 2.24) is 19.5 Å². The topological polar surface area (TPSA) is 172 Å². The smallest absolute Gasteiger partial charge is 0.275 e. The van der Waals surface area contributed by atoms with E-state index in [0.717, 1.165) is 5.56 Å². The number of ether oxygens (including phenoxy) is 2. The molecule has 0 bridgehead atoms. The lowest BCUT2D eigenvalue weighted by molar-refractivity contribution is -0.386. The van der Waals surface area contributed by atoms with Crippen LogP contribution in [0.25, 0.3) is 11.2 Å². The number of anilines is 1. The number of aliphatic hydroxyl groups excluding tert-OH is 2. The Balaban J connectivity index is 1.56. The van der Waals surface area contributed by atoms with E-state index in [1.807, 2.05) is 37.3 Å². The van der Waals surface area contributed by atoms with Gasteiger partial charge in [0, 0.05) is 6.07 Å². The van der Waals surface area contributed by atoms with E-state index in [1.54, 1.807) is 18.2 Å². The molecule has 4 N–H and O–H groups in total. The number of aromatic nitrogens is 4. The Morgan fingerprint density at radius 3 is 2.57 bits per heavy atom. The molecule has 0 aliphatic carbocycles. The predicted octanol–water partition coefficient (Wildman–Crippen LogP) is 2.85. The van der Waals surface area contributed by atoms with E-state index in [4.69, 9.17) is 15.2 Å². The van der Waals surface area contributed by atoms with Crippen molar-refractivity contribution in [2.24, 2.45) is 0 Å². The van der Waals surface area contributed by atoms with Gasteiger partial charge in [0.1, 0.15) is 36.3 Å². The molecule has 12 heteroatoms. The molecule has 0 saturated carbocycles. The summed E-state index contributed by atoms with van der Waals surface area (Å²) in [6.45, 7) is 1.93. The molecule has 2 aromatic carbocycles. The molecule has 2 aromatic heterocycles. The lowest BCUT2D eigenvalue weighted by atomic mass is 9.96. The molecule has 37 heavy (non-hydrogen) atoms. The summed E-state index contributed by atoms with van der Waals surface area (Å²) in [5, 5.41) is 34.1. The Bertz CT molecular complexity index is 1400. The second-order valence-electron chi connectivity index (χ2n) is 8.74. The van der Waals surface area contributed by atoms with Crippen LogP contribution in [0.4, 0.5) is 11.5 Å². The maximum Gasteiger partial charge on any atom is 0.275 e. The summed E-state index contributed by atoms with van der Waals surface area (Å²) in [5.41, 5.74) is 7.42. The summed E-state index contributed by atoms with van der Waals surface area (Å²) in [6.07, 6.45) is -3.47. The van der Waals surface area contributed by atoms with Crippen LogP contribution < -0.4 is 5.73 Å². The molecule has 5 rings (SSSR count). The van der Waals surface area contributed by atoms with E-state index in [0.29, 0.717) is 17.6 Å². The highest BCUT2D eigenvalue weighted by molar-refractivity contribution is 5.81. The summed E-state index contributed by atoms with van der Waals surface area (Å²) in [7, 11) is 0. The maximum absolute atomic E-state index is 11.9. The number of benzene rings is 2. The first-order chi connectivity index (χ1) is 17.9. The number of nitro benzene ring substituents is 1. The molecule has 0 amide bonds. The van der Waals surface area contributed by atoms with Crippen LogP contribution in [0.5, 0.6) is 0 Å². The number of nitrogens with zero attached hydrogens (tertiary/aromatic N) is 5. The van der Waals surface area contributed by atoms with Crippen molar-refractivity contribution in [1.29, 1.82) is 0 Å². The zero-order chi connectivity index (χ0) is 26.1. The normalized spacial score (nSPS) is 23.2. The van der Waals surface area contributed by atoms with Gasteiger partial charge < -0.3 is 25.4 Å². The summed E-state index contributed by atoms with van der Waals surface area (Å²) < 4.78 is 14.1. The molecule has 1 unspecified atom stereocenters. The number of rotatable bonds is 8. The number of nitrogens with two attached hydrogens (primary N) is 1. The van der Waals surface area contributed by atoms with Crippen LogP contribution in [0.1, 0.15) is 42.9 Å². The van der Waals surface area contributed by atoms with Crippen LogP contribution in [-0.4, -0.2) is 53.0 Å². The SMILES string of the molecule is CC[C@@H](OC(c1ccccc1[N+](=O)[O-])[C@H]1O[C@@H](n2cnc3c(N)ncnc32)[C@H](O)[C@@H]1O)c1ccccc1. The fourth-order valence-corrected chi connectivity index (χ4v) is 4.70. The molecule has 192 valence electrons. The highest BCUT2D eigenvalue weighted by Crippen LogP contribution is 2.43. The molecule has 1 saturated heterocycles. The maximum atomic E-state index is 11.9. The average Bonchev–Trinajstić information content (AvgIpc) is 3.47. The van der Waals surface area contributed by atoms with E-state index < -0.39 is 41.7 Å². The minimum absolute atomic E-state index is 0.156. The van der Waals surface area contributed by atoms with Crippen molar-refractivity contribution in [2.45, 2.75) is 50.1 Å². The third kappa shape index (κ3) is 4.51. The highest BCUT2D eigenvalue weighted by Gasteiger charge is 2.50. The standard InChI is InChI=1S/C25H26N6O6/c1-2-17(14-8-4-3-5-9-14)36-21(15-10-6-7-11-16(15)31(34)35)22-19(32)20(33)25(37-22)30-13-29-18-23(26)27-12-28-24(18)30/h3-13,17,19-22,25,32-33H,2H2,1H3,(H2,26,27,28)/t17-,19+,20-,21?,22+,25-/m1/s1. The summed E-state index contributed by atoms with van der Waals surface area (Å²) in [5.74, 6) is 0.156. The van der Waals surface area contributed by atoms with Crippen LogP contribution >= 0.6 is 0 Å². The third-order valence-electron chi connectivity index (χ3n) is 6.53. The molecule has 1 aliphatic heterocycles. The quantitative estimate of drug-likeness (QED) is 0.238. The van der Waals surface area contributed by atoms with Crippen molar-refractivity contribution < 1.29 is 24.6 Å². The van der Waals surface area contributed by atoms with Crippen LogP contribution in [0.3, 0.4) is 0 Å². The monoisotopic (exact) mass is 506 g/mol. The first-order valence-corrected chi connectivity index (χ1v) is 11.8. The zero-order valence-electron chi connectivity index (χ0n) is 19.9. The van der Waals surface area contributed by atoms with Gasteiger partial charge in [-0.1, -0.05) is 49.4 Å². The number of hydrogen-bond acceptors (Lipinski definition) is 10. The van der Waals surface area contributed by atoms with Gasteiger partial charge >= 0.3 is 0 Å². The highest BCUT2D eigenvalue weighted by atomic mass is 16.6. The van der Waals surface area contributed by atoms with Crippen LogP contribution in [0.2, 0.25) is 0 Å². The molecule has 1 fully saturated rings. The van der Waals surface area contributed by atoms with Gasteiger partial charge in [0.05, 0.1) is 22.9 Å². The van der Waals surface area contributed by atoms with E-state index in [9.17, 15) is 20.3 Å². The first-order valence-electron chi connectivity index (χ1n) is 11.8. The average molecular weight is 507 g/mol. The van der Waals surface area contributed by atoms with E-state index >= 15 is 0 Å². The van der Waals surface area contributed by atoms with Crippen molar-refractivity contribution in [3.63, 3.8) is 0 Å². The second-order valence-corrected chi connectivity index (χ2v) is 8.74. The molecule has 3 heterocycles. The summed E-state index contributed by atoms with van der Waals surface area (Å²) in [6, 6.07) is 15.6. The molecule has 6 atom stereocenters. The van der Waals surface area contributed by atoms with E-state index in [-0.39, 0.29) is 17.1 Å². The van der Waals surface area contributed by atoms with Gasteiger partial charge in [-0.05, 0) is 18.1 Å². The van der Waals surface area contributed by atoms with Gasteiger partial charge in [0.2, 0.25) is 0 Å². The fraction of sp³-hybridized carbons (Fsp3) is 0.320. The number of hydrogen-bond donors (Lipinski definition) is 3. The molecule has 0 radical (unpaired) electrons. The van der Waals surface area contributed by atoms with Gasteiger partial charge in [-0.15, -0.1) is 0 Å². The first kappa shape index (κ1) is 24.7. The Morgan fingerprint density at radius 2 is 1.84 bits per heavy atom. The van der Waals surface area contributed by atoms with E-state index in [2.05, 4.69) is 15.0 Å². The lowest BCUT2D eigenvalue weighted by Crippen LogP contribution is -2.36. The Kier molecular flexibility index (Phi) is 6.80. The Labute approximate surface area is 211 Å². The summed E-state index contributed by atoms with van der Waals surface area (Å²) >= 11 is 0. The fourth-order valence-electron chi connectivity index (χ4n) is 4.70. The molecule has 12 nitrogen and oxygen atoms in total. The Hall–Kier alpha value is -3.97. The lowest BCUT2D eigenvalue weighted by Gasteiger charge is -2.30. The second kappa shape index (κ2) is 10.2. The van der Waals surface area contributed by atoms with Gasteiger partial charge in [-0.2, -0.15) is 0 Å². The predicted molar refractivity (Wildman–Crippen MR) is 132 cm³/mol. The van der Waals surface area contributed by atoms with Gasteiger partial charge in [0.25, 0.3) is 5.69 Å². The number of nitro groups is 1. The Morgan fingerprint density at radius 1 is 1.11 bits per heavy atom. The van der Waals surface area contributed by atoms with Crippen molar-refractivity contribution in [3.05, 3.63) is 88.5 Å². The number of nitrogen functional groups attached to an aromatic ring is 1. The number of fused-ring (bicyclic) bond motifs is 1. The third-order valence-corrected chi connectivity index (χ3v) is 6.53. The molecule has 0 spiro atoms. The van der Waals surface area contributed by atoms with Crippen LogP contribution in [0, 0.1) is 10.1 Å². The molecule has 4 aromatic rings. The van der Waals surface area contributed by atoms with Crippen LogP contribution in [0.15, 0.2) is 67.3 Å². The van der Waals surface area contributed by atoms with Gasteiger partial charge in [-0.25, -0.2) is 15.0 Å². The number of para-hydroxylation sites is 1. The number of aliphatic hydroxyl groups is 2. The number of imidazole rings is 1. The van der Waals surface area contributed by atoms with Crippen molar-refractivity contribution in [3.8, 4) is 0 Å². The van der Waals surface area contributed by atoms with Crippen LogP contribution in [-0.2, 0) is 9.47 Å². The minimum atomic E-state index is -1.44. The van der Waals surface area contributed by atoms with Crippen molar-refractivity contribution in [2.75, 3.05) is 5.73 Å². The molecular weight excluding hydrogens is 480 g/mol. The van der Waals surface area contributed by atoms with Gasteiger partial charge in [-0.3, -0.25) is 14.7 Å². The van der Waals surface area contributed by atoms with Crippen molar-refractivity contribution >= 4 is 22.7 Å². The van der Waals surface area contributed by atoms with Gasteiger partial charge in [0.15, 0.2) is 17.7 Å². The minimum Gasteiger partial charge on any atom is -0.387 e. The zero-order valence-corrected chi connectivity index (χ0v) is 19.9.